The fourth-order valence-electron chi connectivity index (χ4n) is 3.95. The molecule has 0 aliphatic carbocycles. The second kappa shape index (κ2) is 10.3. The summed E-state index contributed by atoms with van der Waals surface area (Å²) in [6, 6.07) is 8.39. The Labute approximate surface area is 173 Å². The predicted octanol–water partition coefficient (Wildman–Crippen LogP) is 2.16. The van der Waals surface area contributed by atoms with Crippen LogP contribution in [0.4, 0.5) is 0 Å². The highest BCUT2D eigenvalue weighted by molar-refractivity contribution is 5.80. The number of likely N-dealkylation sites (tertiary alicyclic amines) is 2. The number of nitrogens with zero attached hydrogens (tertiary/aromatic N) is 3. The molecule has 7 heteroatoms. The molecule has 1 amide bonds. The summed E-state index contributed by atoms with van der Waals surface area (Å²) in [5.41, 5.74) is 2.33. The van der Waals surface area contributed by atoms with Crippen LogP contribution in [-0.4, -0.2) is 60.9 Å². The van der Waals surface area contributed by atoms with Gasteiger partial charge < -0.3 is 19.9 Å². The standard InChI is InChI=1S/C22H32N4O3/c1-3-29-21(28)19-10-13-25(14-11-19)22(23-2)24-15-17-6-8-18(9-7-17)16-26-12-4-5-20(26)27/h6-9,19H,3-5,10-16H2,1-2H3,(H,23,24). The summed E-state index contributed by atoms with van der Waals surface area (Å²) >= 11 is 0. The highest BCUT2D eigenvalue weighted by Gasteiger charge is 2.27. The van der Waals surface area contributed by atoms with E-state index in [2.05, 4.69) is 39.5 Å². The van der Waals surface area contributed by atoms with Gasteiger partial charge in [-0.15, -0.1) is 0 Å². The van der Waals surface area contributed by atoms with Gasteiger partial charge in [-0.2, -0.15) is 0 Å². The summed E-state index contributed by atoms with van der Waals surface area (Å²) in [6.45, 7) is 6.13. The minimum absolute atomic E-state index is 0.000612. The number of hydrogen-bond donors (Lipinski definition) is 1. The number of aliphatic imine (C=N–C) groups is 1. The Balaban J connectivity index is 1.46. The lowest BCUT2D eigenvalue weighted by molar-refractivity contribution is -0.149. The van der Waals surface area contributed by atoms with Crippen molar-refractivity contribution in [2.24, 2.45) is 10.9 Å². The quantitative estimate of drug-likeness (QED) is 0.450. The fraction of sp³-hybridized carbons (Fsp3) is 0.591. The molecule has 2 aliphatic rings. The molecular weight excluding hydrogens is 368 g/mol. The Hall–Kier alpha value is -2.57. The summed E-state index contributed by atoms with van der Waals surface area (Å²) in [4.78, 5) is 32.2. The largest absolute Gasteiger partial charge is 0.466 e. The minimum atomic E-state index is -0.0779. The number of guanidine groups is 1. The van der Waals surface area contributed by atoms with E-state index in [1.54, 1.807) is 7.05 Å². The van der Waals surface area contributed by atoms with Gasteiger partial charge in [0.2, 0.25) is 5.91 Å². The summed E-state index contributed by atoms with van der Waals surface area (Å²) in [7, 11) is 1.79. The number of amides is 1. The third-order valence-corrected chi connectivity index (χ3v) is 5.64. The molecule has 29 heavy (non-hydrogen) atoms. The molecule has 7 nitrogen and oxygen atoms in total. The zero-order valence-electron chi connectivity index (χ0n) is 17.5. The average molecular weight is 401 g/mol. The lowest BCUT2D eigenvalue weighted by atomic mass is 9.97. The van der Waals surface area contributed by atoms with Crippen LogP contribution in [0.2, 0.25) is 0 Å². The van der Waals surface area contributed by atoms with Crippen molar-refractivity contribution in [3.8, 4) is 0 Å². The zero-order chi connectivity index (χ0) is 20.6. The lowest BCUT2D eigenvalue weighted by Gasteiger charge is -2.33. The summed E-state index contributed by atoms with van der Waals surface area (Å²) in [6.07, 6.45) is 3.24. The predicted molar refractivity (Wildman–Crippen MR) is 112 cm³/mol. The molecule has 1 aromatic rings. The van der Waals surface area contributed by atoms with Crippen molar-refractivity contribution in [2.45, 2.75) is 45.7 Å². The van der Waals surface area contributed by atoms with Crippen molar-refractivity contribution in [1.29, 1.82) is 0 Å². The van der Waals surface area contributed by atoms with E-state index in [1.165, 1.54) is 5.56 Å². The second-order valence-electron chi connectivity index (χ2n) is 7.65. The highest BCUT2D eigenvalue weighted by atomic mass is 16.5. The molecule has 158 valence electrons. The van der Waals surface area contributed by atoms with E-state index in [-0.39, 0.29) is 17.8 Å². The number of piperidine rings is 1. The van der Waals surface area contributed by atoms with Gasteiger partial charge in [0.05, 0.1) is 12.5 Å². The molecule has 2 aliphatic heterocycles. The van der Waals surface area contributed by atoms with Crippen molar-refractivity contribution in [3.05, 3.63) is 35.4 Å². The van der Waals surface area contributed by atoms with Gasteiger partial charge in [0.15, 0.2) is 5.96 Å². The molecule has 3 rings (SSSR count). The number of hydrogen-bond acceptors (Lipinski definition) is 4. The molecular formula is C22H32N4O3. The molecule has 1 aromatic carbocycles. The van der Waals surface area contributed by atoms with Crippen LogP contribution < -0.4 is 5.32 Å². The van der Waals surface area contributed by atoms with Crippen LogP contribution in [0.1, 0.15) is 43.7 Å². The Morgan fingerprint density at radius 1 is 1.17 bits per heavy atom. The molecule has 0 saturated carbocycles. The monoisotopic (exact) mass is 400 g/mol. The van der Waals surface area contributed by atoms with E-state index >= 15 is 0 Å². The summed E-state index contributed by atoms with van der Waals surface area (Å²) in [5.74, 6) is 1.04. The summed E-state index contributed by atoms with van der Waals surface area (Å²) in [5, 5.41) is 3.42. The van der Waals surface area contributed by atoms with Gasteiger partial charge in [0.25, 0.3) is 0 Å². The minimum Gasteiger partial charge on any atom is -0.466 e. The van der Waals surface area contributed by atoms with E-state index in [0.29, 0.717) is 26.1 Å². The first-order valence-corrected chi connectivity index (χ1v) is 10.6. The van der Waals surface area contributed by atoms with Gasteiger partial charge in [-0.1, -0.05) is 24.3 Å². The Morgan fingerprint density at radius 3 is 2.45 bits per heavy atom. The first kappa shape index (κ1) is 21.1. The van der Waals surface area contributed by atoms with Crippen LogP contribution in [0.25, 0.3) is 0 Å². The first-order chi connectivity index (χ1) is 14.1. The van der Waals surface area contributed by atoms with Crippen LogP contribution in [-0.2, 0) is 27.4 Å². The number of nitrogens with one attached hydrogen (secondary N) is 1. The van der Waals surface area contributed by atoms with E-state index < -0.39 is 0 Å². The highest BCUT2D eigenvalue weighted by Crippen LogP contribution is 2.19. The molecule has 1 N–H and O–H groups in total. The number of carbonyl (C=O) groups excluding carboxylic acids is 2. The van der Waals surface area contributed by atoms with E-state index in [0.717, 1.165) is 50.4 Å². The van der Waals surface area contributed by atoms with Crippen LogP contribution >= 0.6 is 0 Å². The third-order valence-electron chi connectivity index (χ3n) is 5.64. The van der Waals surface area contributed by atoms with E-state index in [1.807, 2.05) is 11.8 Å². The number of carbonyl (C=O) groups is 2. The number of ether oxygens (including phenoxy) is 1. The number of benzene rings is 1. The maximum atomic E-state index is 11.9. The topological polar surface area (TPSA) is 74.2 Å². The fourth-order valence-corrected chi connectivity index (χ4v) is 3.95. The van der Waals surface area contributed by atoms with Gasteiger partial charge in [0, 0.05) is 46.2 Å². The molecule has 0 radical (unpaired) electrons. The zero-order valence-corrected chi connectivity index (χ0v) is 17.5. The van der Waals surface area contributed by atoms with Gasteiger partial charge in [-0.25, -0.2) is 0 Å². The van der Waals surface area contributed by atoms with Gasteiger partial charge >= 0.3 is 5.97 Å². The van der Waals surface area contributed by atoms with Crippen molar-refractivity contribution < 1.29 is 14.3 Å². The molecule has 2 fully saturated rings. The molecule has 0 bridgehead atoms. The van der Waals surface area contributed by atoms with Crippen molar-refractivity contribution in [1.82, 2.24) is 15.1 Å². The van der Waals surface area contributed by atoms with Gasteiger partial charge in [-0.05, 0) is 37.3 Å². The van der Waals surface area contributed by atoms with Crippen LogP contribution in [0, 0.1) is 5.92 Å². The van der Waals surface area contributed by atoms with E-state index in [9.17, 15) is 9.59 Å². The van der Waals surface area contributed by atoms with E-state index in [4.69, 9.17) is 4.74 Å². The lowest BCUT2D eigenvalue weighted by Crippen LogP contribution is -2.46. The van der Waals surface area contributed by atoms with Crippen molar-refractivity contribution in [2.75, 3.05) is 33.3 Å². The molecule has 2 saturated heterocycles. The Kier molecular flexibility index (Phi) is 7.49. The van der Waals surface area contributed by atoms with Crippen molar-refractivity contribution >= 4 is 17.8 Å². The second-order valence-corrected chi connectivity index (χ2v) is 7.65. The van der Waals surface area contributed by atoms with Crippen molar-refractivity contribution in [3.63, 3.8) is 0 Å². The molecule has 2 heterocycles. The molecule has 0 atom stereocenters. The maximum absolute atomic E-state index is 11.9. The van der Waals surface area contributed by atoms with Gasteiger partial charge in [-0.3, -0.25) is 14.6 Å². The number of esters is 1. The van der Waals surface area contributed by atoms with Gasteiger partial charge in [0.1, 0.15) is 0 Å². The van der Waals surface area contributed by atoms with Crippen LogP contribution in [0.15, 0.2) is 29.3 Å². The molecule has 0 spiro atoms. The smallest absolute Gasteiger partial charge is 0.309 e. The third kappa shape index (κ3) is 5.71. The van der Waals surface area contributed by atoms with Crippen LogP contribution in [0.5, 0.6) is 0 Å². The SMILES string of the molecule is CCOC(=O)C1CCN(C(=NC)NCc2ccc(CN3CCCC3=O)cc2)CC1. The van der Waals surface area contributed by atoms with Crippen LogP contribution in [0.3, 0.4) is 0 Å². The summed E-state index contributed by atoms with van der Waals surface area (Å²) < 4.78 is 5.14. The first-order valence-electron chi connectivity index (χ1n) is 10.6. The molecule has 0 aromatic heterocycles. The molecule has 0 unspecified atom stereocenters. The Bertz CT molecular complexity index is 724. The maximum Gasteiger partial charge on any atom is 0.309 e. The normalized spacial score (nSPS) is 18.3. The average Bonchev–Trinajstić information content (AvgIpc) is 3.14. The number of rotatable bonds is 6. The Morgan fingerprint density at radius 2 is 1.86 bits per heavy atom.